The highest BCUT2D eigenvalue weighted by atomic mass is 16.2. The maximum atomic E-state index is 12.3. The van der Waals surface area contributed by atoms with Gasteiger partial charge < -0.3 is 9.88 Å². The van der Waals surface area contributed by atoms with E-state index in [0.717, 1.165) is 23.1 Å². The largest absolute Gasteiger partial charge is 0.333 e. The van der Waals surface area contributed by atoms with E-state index in [0.29, 0.717) is 5.69 Å². The number of amides is 1. The Bertz CT molecular complexity index is 644. The number of aldehydes is 1. The summed E-state index contributed by atoms with van der Waals surface area (Å²) in [7, 11) is 0. The number of benzene rings is 1. The van der Waals surface area contributed by atoms with Gasteiger partial charge in [0.2, 0.25) is 5.91 Å². The van der Waals surface area contributed by atoms with E-state index >= 15 is 0 Å². The molecule has 1 aromatic heterocycles. The lowest BCUT2D eigenvalue weighted by atomic mass is 10.1. The number of carbonyl (C=O) groups excluding carboxylic acids is 2. The van der Waals surface area contributed by atoms with Gasteiger partial charge in [-0.15, -0.1) is 0 Å². The molecule has 0 saturated carbocycles. The summed E-state index contributed by atoms with van der Waals surface area (Å²) in [6.07, 6.45) is 2.48. The van der Waals surface area contributed by atoms with Crippen LogP contribution < -0.4 is 5.32 Å². The van der Waals surface area contributed by atoms with Crippen molar-refractivity contribution in [1.29, 1.82) is 0 Å². The molecule has 0 aliphatic carbocycles. The Morgan fingerprint density at radius 1 is 1.30 bits per heavy atom. The van der Waals surface area contributed by atoms with Crippen molar-refractivity contribution in [1.82, 2.24) is 4.57 Å². The number of aromatic nitrogens is 1. The van der Waals surface area contributed by atoms with Crippen molar-refractivity contribution in [2.45, 2.75) is 26.8 Å². The van der Waals surface area contributed by atoms with Crippen LogP contribution in [0.15, 0.2) is 36.5 Å². The zero-order chi connectivity index (χ0) is 14.7. The number of nitrogens with zero attached hydrogens (tertiary/aromatic N) is 1. The van der Waals surface area contributed by atoms with Crippen molar-refractivity contribution in [2.24, 2.45) is 0 Å². The molecule has 0 saturated heterocycles. The van der Waals surface area contributed by atoms with Gasteiger partial charge in [-0.1, -0.05) is 12.1 Å². The summed E-state index contributed by atoms with van der Waals surface area (Å²) in [6, 6.07) is 8.92. The molecule has 0 fully saturated rings. The van der Waals surface area contributed by atoms with Crippen LogP contribution in [0, 0.1) is 13.8 Å². The molecule has 1 unspecified atom stereocenters. The van der Waals surface area contributed by atoms with Crippen molar-refractivity contribution in [2.75, 3.05) is 5.32 Å². The predicted octanol–water partition coefficient (Wildman–Crippen LogP) is 3.12. The standard InChI is InChI=1S/C16H18N2O2/c1-11-6-7-12(2)15(9-11)17-16(20)13(3)18-8-4-5-14(18)10-19/h4-10,13H,1-3H3,(H,17,20). The first-order valence-electron chi connectivity index (χ1n) is 6.53. The summed E-state index contributed by atoms with van der Waals surface area (Å²) in [5.74, 6) is -0.141. The average molecular weight is 270 g/mol. The van der Waals surface area contributed by atoms with Crippen LogP contribution in [0.5, 0.6) is 0 Å². The molecule has 0 aliphatic heterocycles. The van der Waals surface area contributed by atoms with E-state index in [1.165, 1.54) is 0 Å². The molecule has 1 aromatic carbocycles. The molecule has 1 N–H and O–H groups in total. The molecule has 4 heteroatoms. The van der Waals surface area contributed by atoms with Crippen LogP contribution in [0.3, 0.4) is 0 Å². The van der Waals surface area contributed by atoms with Crippen molar-refractivity contribution >= 4 is 17.9 Å². The lowest BCUT2D eigenvalue weighted by molar-refractivity contribution is -0.118. The third-order valence-electron chi connectivity index (χ3n) is 3.38. The van der Waals surface area contributed by atoms with Crippen molar-refractivity contribution < 1.29 is 9.59 Å². The van der Waals surface area contributed by atoms with Gasteiger partial charge in [0, 0.05) is 11.9 Å². The number of hydrogen-bond donors (Lipinski definition) is 1. The summed E-state index contributed by atoms with van der Waals surface area (Å²) in [5.41, 5.74) is 3.41. The third-order valence-corrected chi connectivity index (χ3v) is 3.38. The zero-order valence-corrected chi connectivity index (χ0v) is 11.9. The molecule has 1 atom stereocenters. The fraction of sp³-hybridized carbons (Fsp3) is 0.250. The molecule has 4 nitrogen and oxygen atoms in total. The van der Waals surface area contributed by atoms with Gasteiger partial charge >= 0.3 is 0 Å². The molecule has 0 bridgehead atoms. The van der Waals surface area contributed by atoms with E-state index in [1.54, 1.807) is 29.8 Å². The highest BCUT2D eigenvalue weighted by Gasteiger charge is 2.17. The number of aryl methyl sites for hydroxylation is 2. The normalized spacial score (nSPS) is 11.9. The topological polar surface area (TPSA) is 51.1 Å². The highest BCUT2D eigenvalue weighted by molar-refractivity contribution is 5.94. The SMILES string of the molecule is Cc1ccc(C)c(NC(=O)C(C)n2cccc2C=O)c1. The molecule has 1 amide bonds. The Labute approximate surface area is 118 Å². The van der Waals surface area contributed by atoms with Gasteiger partial charge in [-0.2, -0.15) is 0 Å². The van der Waals surface area contributed by atoms with Crippen LogP contribution in [0.4, 0.5) is 5.69 Å². The molecule has 0 spiro atoms. The first kappa shape index (κ1) is 14.1. The molecule has 20 heavy (non-hydrogen) atoms. The Morgan fingerprint density at radius 3 is 2.75 bits per heavy atom. The van der Waals surface area contributed by atoms with Gasteiger partial charge in [-0.05, 0) is 50.1 Å². The molecular formula is C16H18N2O2. The van der Waals surface area contributed by atoms with Crippen LogP contribution in [-0.2, 0) is 4.79 Å². The molecule has 0 aliphatic rings. The van der Waals surface area contributed by atoms with Gasteiger partial charge in [-0.25, -0.2) is 0 Å². The predicted molar refractivity (Wildman–Crippen MR) is 79.1 cm³/mol. The minimum Gasteiger partial charge on any atom is -0.333 e. The average Bonchev–Trinajstić information content (AvgIpc) is 2.90. The van der Waals surface area contributed by atoms with Crippen LogP contribution in [0.25, 0.3) is 0 Å². The molecule has 2 aromatic rings. The van der Waals surface area contributed by atoms with E-state index in [1.807, 2.05) is 32.0 Å². The van der Waals surface area contributed by atoms with E-state index in [4.69, 9.17) is 0 Å². The second-order valence-electron chi connectivity index (χ2n) is 4.94. The monoisotopic (exact) mass is 270 g/mol. The van der Waals surface area contributed by atoms with Gasteiger partial charge in [-0.3, -0.25) is 9.59 Å². The summed E-state index contributed by atoms with van der Waals surface area (Å²) in [5, 5.41) is 2.91. The number of anilines is 1. The summed E-state index contributed by atoms with van der Waals surface area (Å²) in [4.78, 5) is 23.2. The van der Waals surface area contributed by atoms with Crippen LogP contribution >= 0.6 is 0 Å². The Hall–Kier alpha value is -2.36. The van der Waals surface area contributed by atoms with E-state index < -0.39 is 6.04 Å². The number of carbonyl (C=O) groups is 2. The van der Waals surface area contributed by atoms with E-state index in [2.05, 4.69) is 5.32 Å². The second-order valence-corrected chi connectivity index (χ2v) is 4.94. The lowest BCUT2D eigenvalue weighted by Gasteiger charge is -2.16. The third kappa shape index (κ3) is 2.79. The minimum atomic E-state index is -0.440. The Kier molecular flexibility index (Phi) is 4.03. The van der Waals surface area contributed by atoms with Crippen LogP contribution in [-0.4, -0.2) is 16.8 Å². The summed E-state index contributed by atoms with van der Waals surface area (Å²) >= 11 is 0. The Morgan fingerprint density at radius 2 is 2.05 bits per heavy atom. The zero-order valence-electron chi connectivity index (χ0n) is 11.9. The number of rotatable bonds is 4. The molecule has 0 radical (unpaired) electrons. The van der Waals surface area contributed by atoms with Crippen molar-refractivity contribution in [3.63, 3.8) is 0 Å². The number of nitrogens with one attached hydrogen (secondary N) is 1. The smallest absolute Gasteiger partial charge is 0.247 e. The maximum absolute atomic E-state index is 12.3. The summed E-state index contributed by atoms with van der Waals surface area (Å²) in [6.45, 7) is 5.70. The van der Waals surface area contributed by atoms with Gasteiger partial charge in [0.25, 0.3) is 0 Å². The highest BCUT2D eigenvalue weighted by Crippen LogP contribution is 2.19. The van der Waals surface area contributed by atoms with Crippen LogP contribution in [0.2, 0.25) is 0 Å². The lowest BCUT2D eigenvalue weighted by Crippen LogP contribution is -2.24. The van der Waals surface area contributed by atoms with Crippen LogP contribution in [0.1, 0.15) is 34.6 Å². The first-order valence-corrected chi connectivity index (χ1v) is 6.53. The molecular weight excluding hydrogens is 252 g/mol. The van der Waals surface area contributed by atoms with Crippen molar-refractivity contribution in [3.8, 4) is 0 Å². The fourth-order valence-corrected chi connectivity index (χ4v) is 2.09. The second kappa shape index (κ2) is 5.74. The van der Waals surface area contributed by atoms with E-state index in [-0.39, 0.29) is 5.91 Å². The van der Waals surface area contributed by atoms with Gasteiger partial charge in [0.1, 0.15) is 6.04 Å². The minimum absolute atomic E-state index is 0.141. The summed E-state index contributed by atoms with van der Waals surface area (Å²) < 4.78 is 1.66. The maximum Gasteiger partial charge on any atom is 0.247 e. The van der Waals surface area contributed by atoms with Gasteiger partial charge in [0.15, 0.2) is 6.29 Å². The number of hydrogen-bond acceptors (Lipinski definition) is 2. The van der Waals surface area contributed by atoms with Crippen molar-refractivity contribution in [3.05, 3.63) is 53.3 Å². The molecule has 2 rings (SSSR count). The molecule has 1 heterocycles. The van der Waals surface area contributed by atoms with E-state index in [9.17, 15) is 9.59 Å². The fourth-order valence-electron chi connectivity index (χ4n) is 2.09. The Balaban J connectivity index is 2.20. The molecule has 104 valence electrons. The van der Waals surface area contributed by atoms with Gasteiger partial charge in [0.05, 0.1) is 5.69 Å². The first-order chi connectivity index (χ1) is 9.52. The quantitative estimate of drug-likeness (QED) is 0.868.